The van der Waals surface area contributed by atoms with E-state index in [4.69, 9.17) is 9.84 Å². The monoisotopic (exact) mass is 311 g/mol. The van der Waals surface area contributed by atoms with E-state index >= 15 is 0 Å². The molecule has 0 radical (unpaired) electrons. The molecule has 5 heteroatoms. The number of carbonyl (C=O) groups excluding carboxylic acids is 1. The third-order valence-corrected chi connectivity index (χ3v) is 3.11. The normalized spacial score (nSPS) is 9.91. The number of hydrogen-bond donors (Lipinski definition) is 2. The van der Waals surface area contributed by atoms with Gasteiger partial charge in [-0.3, -0.25) is 4.79 Å². The average Bonchev–Trinajstić information content (AvgIpc) is 2.55. The van der Waals surface area contributed by atoms with E-state index in [1.165, 1.54) is 24.3 Å². The number of ether oxygens (including phenoxy) is 1. The lowest BCUT2D eigenvalue weighted by molar-refractivity contribution is -0.118. The Morgan fingerprint density at radius 3 is 2.48 bits per heavy atom. The second-order valence-corrected chi connectivity index (χ2v) is 4.82. The van der Waals surface area contributed by atoms with Gasteiger partial charge in [-0.05, 0) is 42.3 Å². The second-order valence-electron chi connectivity index (χ2n) is 4.82. The molecule has 5 nitrogen and oxygen atoms in total. The van der Waals surface area contributed by atoms with Crippen LogP contribution >= 0.6 is 0 Å². The van der Waals surface area contributed by atoms with E-state index in [2.05, 4.69) is 11.9 Å². The Labute approximate surface area is 134 Å². The molecule has 2 aromatic carbocycles. The molecule has 0 bridgehead atoms. The van der Waals surface area contributed by atoms with Gasteiger partial charge >= 0.3 is 5.97 Å². The predicted molar refractivity (Wildman–Crippen MR) is 87.9 cm³/mol. The number of anilines is 1. The molecule has 0 fully saturated rings. The molecule has 0 saturated carbocycles. The van der Waals surface area contributed by atoms with Gasteiger partial charge in [0.1, 0.15) is 5.75 Å². The van der Waals surface area contributed by atoms with Gasteiger partial charge in [-0.1, -0.05) is 24.3 Å². The standard InChI is InChI=1S/C18H17NO4/c1-2-5-13-6-3-4-7-16(13)23-12-17(20)19-15-10-8-14(9-11-15)18(21)22/h2-4,6-11H,1,5,12H2,(H,19,20)(H,21,22). The average molecular weight is 311 g/mol. The minimum absolute atomic E-state index is 0.130. The van der Waals surface area contributed by atoms with Crippen LogP contribution in [-0.4, -0.2) is 23.6 Å². The van der Waals surface area contributed by atoms with Gasteiger partial charge in [-0.15, -0.1) is 6.58 Å². The zero-order valence-electron chi connectivity index (χ0n) is 12.5. The van der Waals surface area contributed by atoms with Crippen molar-refractivity contribution in [2.24, 2.45) is 0 Å². The minimum atomic E-state index is -1.01. The van der Waals surface area contributed by atoms with Crippen LogP contribution in [0.3, 0.4) is 0 Å². The maximum atomic E-state index is 11.9. The van der Waals surface area contributed by atoms with Crippen LogP contribution in [0.5, 0.6) is 5.75 Å². The third-order valence-electron chi connectivity index (χ3n) is 3.11. The molecule has 0 aliphatic heterocycles. The van der Waals surface area contributed by atoms with Crippen LogP contribution in [0.15, 0.2) is 61.2 Å². The highest BCUT2D eigenvalue weighted by Crippen LogP contribution is 2.18. The summed E-state index contributed by atoms with van der Waals surface area (Å²) in [6, 6.07) is 13.4. The summed E-state index contributed by atoms with van der Waals surface area (Å²) in [5.41, 5.74) is 1.64. The SMILES string of the molecule is C=CCc1ccccc1OCC(=O)Nc1ccc(C(=O)O)cc1. The Balaban J connectivity index is 1.92. The molecule has 23 heavy (non-hydrogen) atoms. The van der Waals surface area contributed by atoms with E-state index in [1.807, 2.05) is 18.2 Å². The van der Waals surface area contributed by atoms with E-state index in [-0.39, 0.29) is 18.1 Å². The smallest absolute Gasteiger partial charge is 0.335 e. The largest absolute Gasteiger partial charge is 0.483 e. The molecule has 0 aromatic heterocycles. The van der Waals surface area contributed by atoms with Crippen molar-refractivity contribution in [2.75, 3.05) is 11.9 Å². The molecular formula is C18H17NO4. The molecule has 0 atom stereocenters. The molecule has 0 spiro atoms. The molecule has 0 unspecified atom stereocenters. The number of aromatic carboxylic acids is 1. The van der Waals surface area contributed by atoms with Gasteiger partial charge in [0, 0.05) is 5.69 Å². The zero-order valence-corrected chi connectivity index (χ0v) is 12.5. The summed E-state index contributed by atoms with van der Waals surface area (Å²) in [5, 5.41) is 11.5. The molecule has 2 N–H and O–H groups in total. The van der Waals surface area contributed by atoms with Gasteiger partial charge < -0.3 is 15.2 Å². The molecule has 1 amide bonds. The number of carbonyl (C=O) groups is 2. The minimum Gasteiger partial charge on any atom is -0.483 e. The van der Waals surface area contributed by atoms with Gasteiger partial charge in [0.2, 0.25) is 0 Å². The maximum Gasteiger partial charge on any atom is 0.335 e. The van der Waals surface area contributed by atoms with Crippen molar-refractivity contribution in [1.29, 1.82) is 0 Å². The number of allylic oxidation sites excluding steroid dienone is 1. The molecule has 0 saturated heterocycles. The topological polar surface area (TPSA) is 75.6 Å². The molecule has 118 valence electrons. The Bertz CT molecular complexity index is 707. The summed E-state index contributed by atoms with van der Waals surface area (Å²) >= 11 is 0. The van der Waals surface area contributed by atoms with E-state index in [9.17, 15) is 9.59 Å². The number of amides is 1. The molecule has 0 aliphatic carbocycles. The van der Waals surface area contributed by atoms with E-state index in [1.54, 1.807) is 12.1 Å². The fraction of sp³-hybridized carbons (Fsp3) is 0.111. The van der Waals surface area contributed by atoms with Crippen LogP contribution in [0.4, 0.5) is 5.69 Å². The van der Waals surface area contributed by atoms with Crippen molar-refractivity contribution in [3.63, 3.8) is 0 Å². The first kappa shape index (κ1) is 16.3. The van der Waals surface area contributed by atoms with Crippen LogP contribution in [0, 0.1) is 0 Å². The summed E-state index contributed by atoms with van der Waals surface area (Å²) in [4.78, 5) is 22.7. The van der Waals surface area contributed by atoms with Gasteiger partial charge in [-0.25, -0.2) is 4.79 Å². The molecule has 0 aliphatic rings. The van der Waals surface area contributed by atoms with E-state index < -0.39 is 5.97 Å². The predicted octanol–water partition coefficient (Wildman–Crippen LogP) is 3.13. The molecular weight excluding hydrogens is 294 g/mol. The number of benzene rings is 2. The Morgan fingerprint density at radius 2 is 1.83 bits per heavy atom. The van der Waals surface area contributed by atoms with Gasteiger partial charge in [-0.2, -0.15) is 0 Å². The first-order chi connectivity index (χ1) is 11.1. The number of para-hydroxylation sites is 1. The number of hydrogen-bond acceptors (Lipinski definition) is 3. The lowest BCUT2D eigenvalue weighted by Crippen LogP contribution is -2.20. The lowest BCUT2D eigenvalue weighted by atomic mass is 10.1. The Morgan fingerprint density at radius 1 is 1.13 bits per heavy atom. The zero-order chi connectivity index (χ0) is 16.7. The van der Waals surface area contributed by atoms with Crippen molar-refractivity contribution in [2.45, 2.75) is 6.42 Å². The summed E-state index contributed by atoms with van der Waals surface area (Å²) in [6.07, 6.45) is 2.43. The van der Waals surface area contributed by atoms with Gasteiger partial charge in [0.05, 0.1) is 5.56 Å². The summed E-state index contributed by atoms with van der Waals surface area (Å²) in [6.45, 7) is 3.56. The van der Waals surface area contributed by atoms with Crippen LogP contribution in [-0.2, 0) is 11.2 Å². The van der Waals surface area contributed by atoms with Gasteiger partial charge in [0.25, 0.3) is 5.91 Å². The second kappa shape index (κ2) is 7.79. The Hall–Kier alpha value is -3.08. The quantitative estimate of drug-likeness (QED) is 0.770. The van der Waals surface area contributed by atoms with Crippen LogP contribution in [0.1, 0.15) is 15.9 Å². The number of carboxylic acids is 1. The summed E-state index contributed by atoms with van der Waals surface area (Å²) in [7, 11) is 0. The number of nitrogens with one attached hydrogen (secondary N) is 1. The van der Waals surface area contributed by atoms with Crippen molar-refractivity contribution in [1.82, 2.24) is 0 Å². The fourth-order valence-corrected chi connectivity index (χ4v) is 2.01. The number of rotatable bonds is 7. The third kappa shape index (κ3) is 4.71. The van der Waals surface area contributed by atoms with Crippen LogP contribution < -0.4 is 10.1 Å². The number of carboxylic acid groups (broad SMARTS) is 1. The first-order valence-electron chi connectivity index (χ1n) is 7.05. The Kier molecular flexibility index (Phi) is 5.52. The van der Waals surface area contributed by atoms with Crippen molar-refractivity contribution >= 4 is 17.6 Å². The van der Waals surface area contributed by atoms with Crippen LogP contribution in [0.25, 0.3) is 0 Å². The van der Waals surface area contributed by atoms with Crippen LogP contribution in [0.2, 0.25) is 0 Å². The molecule has 2 aromatic rings. The summed E-state index contributed by atoms with van der Waals surface area (Å²) in [5.74, 6) is -0.685. The first-order valence-corrected chi connectivity index (χ1v) is 7.05. The highest BCUT2D eigenvalue weighted by atomic mass is 16.5. The van der Waals surface area contributed by atoms with Crippen molar-refractivity contribution in [3.8, 4) is 5.75 Å². The van der Waals surface area contributed by atoms with E-state index in [0.717, 1.165) is 5.56 Å². The lowest BCUT2D eigenvalue weighted by Gasteiger charge is -2.10. The highest BCUT2D eigenvalue weighted by Gasteiger charge is 2.07. The van der Waals surface area contributed by atoms with Gasteiger partial charge in [0.15, 0.2) is 6.61 Å². The van der Waals surface area contributed by atoms with Crippen molar-refractivity contribution in [3.05, 3.63) is 72.3 Å². The molecule has 0 heterocycles. The fourth-order valence-electron chi connectivity index (χ4n) is 2.01. The highest BCUT2D eigenvalue weighted by molar-refractivity contribution is 5.93. The summed E-state index contributed by atoms with van der Waals surface area (Å²) < 4.78 is 5.53. The maximum absolute atomic E-state index is 11.9. The van der Waals surface area contributed by atoms with E-state index in [0.29, 0.717) is 17.9 Å². The molecule has 2 rings (SSSR count). The van der Waals surface area contributed by atoms with Crippen molar-refractivity contribution < 1.29 is 19.4 Å².